The number of ether oxygens (including phenoxy) is 1. The molecular weight excluding hydrogens is 755 g/mol. The Hall–Kier alpha value is -2.70. The van der Waals surface area contributed by atoms with Crippen molar-refractivity contribution in [3.63, 3.8) is 0 Å². The molecule has 1 amide bonds. The predicted octanol–water partition coefficient (Wildman–Crippen LogP) is 15.4. The molecule has 352 valence electrons. The molecule has 6 heteroatoms. The summed E-state index contributed by atoms with van der Waals surface area (Å²) in [6.45, 7) is 6.32. The number of hydrogen-bond acceptors (Lipinski definition) is 5. The zero-order valence-corrected chi connectivity index (χ0v) is 40.0. The summed E-state index contributed by atoms with van der Waals surface area (Å²) in [5, 5.41) is 23.7. The molecular formula is C55H97NO5. The SMILES string of the molecule is CC/C=C/C/C=C/C/C=C/CCCCCCCCC(=O)OC(CCCC/C=C\C/C=C\C/C=C\CCCCC)CC(=O)NC(CO)C(O)CCCCCCCCCCCCC. The van der Waals surface area contributed by atoms with Gasteiger partial charge in [-0.05, 0) is 96.3 Å². The maximum atomic E-state index is 13.2. The molecule has 0 aliphatic heterocycles. The Kier molecular flexibility index (Phi) is 46.2. The van der Waals surface area contributed by atoms with E-state index in [4.69, 9.17) is 4.74 Å². The summed E-state index contributed by atoms with van der Waals surface area (Å²) in [6, 6.07) is -0.718. The normalized spacial score (nSPS) is 13.9. The smallest absolute Gasteiger partial charge is 0.306 e. The maximum Gasteiger partial charge on any atom is 0.306 e. The van der Waals surface area contributed by atoms with Crippen LogP contribution in [-0.4, -0.2) is 46.9 Å². The molecule has 61 heavy (non-hydrogen) atoms. The van der Waals surface area contributed by atoms with Crippen molar-refractivity contribution in [3.8, 4) is 0 Å². The summed E-state index contributed by atoms with van der Waals surface area (Å²) < 4.78 is 5.91. The van der Waals surface area contributed by atoms with Crippen LogP contribution in [0.4, 0.5) is 0 Å². The summed E-state index contributed by atoms with van der Waals surface area (Å²) in [5.74, 6) is -0.528. The fourth-order valence-electron chi connectivity index (χ4n) is 7.39. The van der Waals surface area contributed by atoms with Gasteiger partial charge in [-0.25, -0.2) is 0 Å². The molecule has 0 aliphatic rings. The summed E-state index contributed by atoms with van der Waals surface area (Å²) in [4.78, 5) is 26.1. The fourth-order valence-corrected chi connectivity index (χ4v) is 7.39. The van der Waals surface area contributed by atoms with E-state index in [0.29, 0.717) is 19.3 Å². The molecule has 0 aliphatic carbocycles. The lowest BCUT2D eigenvalue weighted by atomic mass is 10.0. The molecule has 0 heterocycles. The molecule has 0 saturated carbocycles. The zero-order chi connectivity index (χ0) is 44.5. The van der Waals surface area contributed by atoms with Crippen LogP contribution in [-0.2, 0) is 14.3 Å². The second-order valence-corrected chi connectivity index (χ2v) is 17.2. The van der Waals surface area contributed by atoms with Crippen LogP contribution in [0.3, 0.4) is 0 Å². The Labute approximate surface area is 377 Å². The van der Waals surface area contributed by atoms with Crippen LogP contribution < -0.4 is 5.32 Å². The fraction of sp³-hybridized carbons (Fsp3) is 0.745. The highest BCUT2D eigenvalue weighted by Gasteiger charge is 2.24. The van der Waals surface area contributed by atoms with Crippen molar-refractivity contribution in [2.75, 3.05) is 6.61 Å². The van der Waals surface area contributed by atoms with E-state index in [1.54, 1.807) is 0 Å². The van der Waals surface area contributed by atoms with E-state index in [1.807, 2.05) is 0 Å². The summed E-state index contributed by atoms with van der Waals surface area (Å²) in [5.41, 5.74) is 0. The third-order valence-electron chi connectivity index (χ3n) is 11.3. The molecule has 0 aromatic heterocycles. The quantitative estimate of drug-likeness (QED) is 0.0322. The van der Waals surface area contributed by atoms with Gasteiger partial charge in [-0.15, -0.1) is 0 Å². The predicted molar refractivity (Wildman–Crippen MR) is 264 cm³/mol. The number of allylic oxidation sites excluding steroid dienone is 12. The van der Waals surface area contributed by atoms with Crippen molar-refractivity contribution in [2.24, 2.45) is 0 Å². The maximum absolute atomic E-state index is 13.2. The third kappa shape index (κ3) is 43.7. The zero-order valence-electron chi connectivity index (χ0n) is 40.0. The molecule has 0 fully saturated rings. The number of hydrogen-bond donors (Lipinski definition) is 3. The first kappa shape index (κ1) is 58.3. The van der Waals surface area contributed by atoms with Gasteiger partial charge < -0.3 is 20.3 Å². The molecule has 0 aromatic carbocycles. The first-order valence-electron chi connectivity index (χ1n) is 25.7. The topological polar surface area (TPSA) is 95.9 Å². The van der Waals surface area contributed by atoms with Crippen LogP contribution >= 0.6 is 0 Å². The Morgan fingerprint density at radius 3 is 1.39 bits per heavy atom. The molecule has 3 unspecified atom stereocenters. The molecule has 0 rings (SSSR count). The van der Waals surface area contributed by atoms with E-state index in [9.17, 15) is 19.8 Å². The van der Waals surface area contributed by atoms with Crippen LogP contribution in [0.1, 0.15) is 239 Å². The minimum absolute atomic E-state index is 0.0438. The number of unbranched alkanes of at least 4 members (excludes halogenated alkanes) is 21. The van der Waals surface area contributed by atoms with Gasteiger partial charge >= 0.3 is 5.97 Å². The van der Waals surface area contributed by atoms with Crippen LogP contribution in [0.2, 0.25) is 0 Å². The van der Waals surface area contributed by atoms with Crippen molar-refractivity contribution >= 4 is 11.9 Å². The van der Waals surface area contributed by atoms with Gasteiger partial charge in [0.05, 0.1) is 25.2 Å². The Morgan fingerprint density at radius 1 is 0.492 bits per heavy atom. The van der Waals surface area contributed by atoms with Gasteiger partial charge in [0.2, 0.25) is 5.91 Å². The number of aliphatic hydroxyl groups is 2. The van der Waals surface area contributed by atoms with Gasteiger partial charge in [0, 0.05) is 6.42 Å². The number of amides is 1. The Morgan fingerprint density at radius 2 is 0.885 bits per heavy atom. The van der Waals surface area contributed by atoms with Crippen LogP contribution in [0.15, 0.2) is 72.9 Å². The van der Waals surface area contributed by atoms with Crippen molar-refractivity contribution < 1.29 is 24.5 Å². The standard InChI is InChI=1S/C55H97NO5/c1-4-7-10-13-16-19-22-24-26-28-30-33-36-39-42-45-48-55(60)61-51(46-43-40-37-34-32-29-27-25-23-20-17-14-11-8-5-2)49-54(59)56-52(50-57)53(58)47-44-41-38-35-31-21-18-15-12-9-6-3/h7,10,16-17,19-20,24-27,32,34,51-53,57-58H,4-6,8-9,11-15,18,21-23,28-31,33,35-50H2,1-3H3,(H,56,59)/b10-7+,19-16+,20-17-,26-24+,27-25-,34-32-. The second-order valence-electron chi connectivity index (χ2n) is 17.2. The second kappa shape index (κ2) is 48.3. The molecule has 0 spiro atoms. The van der Waals surface area contributed by atoms with Crippen molar-refractivity contribution in [1.29, 1.82) is 0 Å². The van der Waals surface area contributed by atoms with Crippen molar-refractivity contribution in [3.05, 3.63) is 72.9 Å². The lowest BCUT2D eigenvalue weighted by Gasteiger charge is -2.24. The van der Waals surface area contributed by atoms with Gasteiger partial charge in [-0.3, -0.25) is 9.59 Å². The number of esters is 1. The van der Waals surface area contributed by atoms with E-state index < -0.39 is 18.2 Å². The van der Waals surface area contributed by atoms with Gasteiger partial charge in [0.25, 0.3) is 0 Å². The van der Waals surface area contributed by atoms with E-state index in [1.165, 1.54) is 96.3 Å². The number of nitrogens with one attached hydrogen (secondary N) is 1. The Bertz CT molecular complexity index is 1140. The monoisotopic (exact) mass is 852 g/mol. The van der Waals surface area contributed by atoms with Crippen molar-refractivity contribution in [2.45, 2.75) is 257 Å². The summed E-state index contributed by atoms with van der Waals surface area (Å²) in [6.07, 6.45) is 61.0. The minimum Gasteiger partial charge on any atom is -0.462 e. The van der Waals surface area contributed by atoms with Gasteiger partial charge in [0.15, 0.2) is 0 Å². The summed E-state index contributed by atoms with van der Waals surface area (Å²) >= 11 is 0. The molecule has 0 aromatic rings. The molecule has 0 radical (unpaired) electrons. The molecule has 6 nitrogen and oxygen atoms in total. The molecule has 3 N–H and O–H groups in total. The van der Waals surface area contributed by atoms with Gasteiger partial charge in [-0.2, -0.15) is 0 Å². The summed E-state index contributed by atoms with van der Waals surface area (Å²) in [7, 11) is 0. The molecule has 0 saturated heterocycles. The van der Waals surface area contributed by atoms with Crippen LogP contribution in [0.5, 0.6) is 0 Å². The number of carbonyl (C=O) groups excluding carboxylic acids is 2. The average molecular weight is 852 g/mol. The third-order valence-corrected chi connectivity index (χ3v) is 11.3. The molecule has 0 bridgehead atoms. The lowest BCUT2D eigenvalue weighted by molar-refractivity contribution is -0.151. The van der Waals surface area contributed by atoms with E-state index >= 15 is 0 Å². The minimum atomic E-state index is -0.802. The highest BCUT2D eigenvalue weighted by Crippen LogP contribution is 2.17. The first-order valence-corrected chi connectivity index (χ1v) is 25.7. The first-order chi connectivity index (χ1) is 30.0. The van der Waals surface area contributed by atoms with Gasteiger partial charge in [0.1, 0.15) is 6.10 Å². The molecule has 3 atom stereocenters. The number of rotatable bonds is 45. The highest BCUT2D eigenvalue weighted by molar-refractivity contribution is 5.77. The average Bonchev–Trinajstić information content (AvgIpc) is 3.25. The van der Waals surface area contributed by atoms with E-state index in [-0.39, 0.29) is 24.9 Å². The van der Waals surface area contributed by atoms with E-state index in [0.717, 1.165) is 96.3 Å². The largest absolute Gasteiger partial charge is 0.462 e. The number of aliphatic hydroxyl groups excluding tert-OH is 2. The lowest BCUT2D eigenvalue weighted by Crippen LogP contribution is -2.46. The van der Waals surface area contributed by atoms with E-state index in [2.05, 4.69) is 99.0 Å². The highest BCUT2D eigenvalue weighted by atomic mass is 16.5. The number of carbonyl (C=O) groups is 2. The van der Waals surface area contributed by atoms with Crippen molar-refractivity contribution in [1.82, 2.24) is 5.32 Å². The van der Waals surface area contributed by atoms with Gasteiger partial charge in [-0.1, -0.05) is 203 Å². The Balaban J connectivity index is 4.69. The van der Waals surface area contributed by atoms with Crippen LogP contribution in [0.25, 0.3) is 0 Å². The van der Waals surface area contributed by atoms with Crippen LogP contribution in [0, 0.1) is 0 Å².